The molecule has 0 saturated carbocycles. The van der Waals surface area contributed by atoms with Crippen molar-refractivity contribution in [2.75, 3.05) is 132 Å². The fourth-order valence-electron chi connectivity index (χ4n) is 4.35. The maximum Gasteiger partial charge on any atom is 0.305 e. The van der Waals surface area contributed by atoms with Crippen LogP contribution in [-0.4, -0.2) is 147 Å². The summed E-state index contributed by atoms with van der Waals surface area (Å²) < 4.78 is 83.3. The zero-order chi connectivity index (χ0) is 37.6. The van der Waals surface area contributed by atoms with Crippen molar-refractivity contribution < 1.29 is 64.8 Å². The minimum Gasteiger partial charge on any atom is -0.463 e. The molecule has 1 rings (SSSR count). The summed E-state index contributed by atoms with van der Waals surface area (Å²) in [5, 5.41) is 0. The molecule has 0 heterocycles. The molecule has 0 bridgehead atoms. The van der Waals surface area contributed by atoms with E-state index in [1.165, 1.54) is 44.2 Å². The molecule has 0 N–H and O–H groups in total. The Balaban J connectivity index is 1.68. The highest BCUT2D eigenvalue weighted by Gasteiger charge is 2.14. The lowest BCUT2D eigenvalue weighted by atomic mass is 10.1. The van der Waals surface area contributed by atoms with E-state index in [4.69, 9.17) is 51.6 Å². The smallest absolute Gasteiger partial charge is 0.305 e. The number of aryl methyl sites for hydroxylation is 1. The van der Waals surface area contributed by atoms with E-state index in [1.54, 1.807) is 12.1 Å². The molecular weight excluding hydrogens is 700 g/mol. The van der Waals surface area contributed by atoms with E-state index < -0.39 is 10.1 Å². The number of carbonyl (C=O) groups excluding carboxylic acids is 1. The molecule has 304 valence electrons. The number of hydrogen-bond acceptors (Lipinski definition) is 14. The number of unbranched alkanes of at least 4 members (excludes halogenated alkanes) is 6. The molecule has 0 amide bonds. The number of hydrogen-bond donors (Lipinski definition) is 0. The second-order valence-electron chi connectivity index (χ2n) is 11.7. The van der Waals surface area contributed by atoms with Crippen LogP contribution in [0.5, 0.6) is 0 Å². The van der Waals surface area contributed by atoms with Crippen LogP contribution in [0.1, 0.15) is 63.9 Å². The molecule has 1 aromatic rings. The van der Waals surface area contributed by atoms with Crippen LogP contribution in [0, 0.1) is 6.92 Å². The summed E-state index contributed by atoms with van der Waals surface area (Å²) in [7, 11) is -3.78. The van der Waals surface area contributed by atoms with E-state index >= 15 is 0 Å². The molecule has 0 radical (unpaired) electrons. The van der Waals surface area contributed by atoms with Crippen molar-refractivity contribution in [3.63, 3.8) is 0 Å². The number of rotatable bonds is 40. The Hall–Kier alpha value is -1.76. The molecule has 0 spiro atoms. The predicted octanol–water partition coefficient (Wildman–Crippen LogP) is 4.53. The predicted molar refractivity (Wildman–Crippen MR) is 195 cm³/mol. The Bertz CT molecular complexity index is 1030. The second kappa shape index (κ2) is 36.2. The SMILES string of the molecule is CCCCCCCCCC(=O)OCCOCCOCCOCCOCCOCCOCCOCCOCCOCCOS(=O)(=O)c1ccc(C)cc1. The van der Waals surface area contributed by atoms with Gasteiger partial charge in [0.25, 0.3) is 10.1 Å². The summed E-state index contributed by atoms with van der Waals surface area (Å²) >= 11 is 0. The Morgan fingerprint density at radius 2 is 0.788 bits per heavy atom. The normalized spacial score (nSPS) is 11.7. The first kappa shape index (κ1) is 48.3. The summed E-state index contributed by atoms with van der Waals surface area (Å²) in [5.74, 6) is -0.148. The van der Waals surface area contributed by atoms with Gasteiger partial charge in [-0.3, -0.25) is 8.98 Å². The highest BCUT2D eigenvalue weighted by molar-refractivity contribution is 7.86. The van der Waals surface area contributed by atoms with Crippen LogP contribution < -0.4 is 0 Å². The zero-order valence-corrected chi connectivity index (χ0v) is 32.5. The summed E-state index contributed by atoms with van der Waals surface area (Å²) in [6.45, 7) is 12.0. The van der Waals surface area contributed by atoms with Crippen LogP contribution in [0.2, 0.25) is 0 Å². The number of esters is 1. The highest BCUT2D eigenvalue weighted by atomic mass is 32.2. The van der Waals surface area contributed by atoms with E-state index in [1.807, 2.05) is 6.92 Å². The lowest BCUT2D eigenvalue weighted by Crippen LogP contribution is -2.16. The molecule has 0 aliphatic rings. The lowest BCUT2D eigenvalue weighted by molar-refractivity contribution is -0.145. The van der Waals surface area contributed by atoms with E-state index in [9.17, 15) is 13.2 Å². The summed E-state index contributed by atoms with van der Waals surface area (Å²) in [6.07, 6.45) is 8.74. The topological polar surface area (TPSA) is 153 Å². The van der Waals surface area contributed by atoms with Crippen LogP contribution in [0.25, 0.3) is 0 Å². The van der Waals surface area contributed by atoms with E-state index in [0.717, 1.165) is 18.4 Å². The molecule has 0 saturated heterocycles. The second-order valence-corrected chi connectivity index (χ2v) is 13.3. The summed E-state index contributed by atoms with van der Waals surface area (Å²) in [4.78, 5) is 11.8. The zero-order valence-electron chi connectivity index (χ0n) is 31.7. The fourth-order valence-corrected chi connectivity index (χ4v) is 5.24. The van der Waals surface area contributed by atoms with Crippen molar-refractivity contribution in [3.05, 3.63) is 29.8 Å². The minimum atomic E-state index is -3.78. The first-order valence-corrected chi connectivity index (χ1v) is 20.2. The van der Waals surface area contributed by atoms with Crippen LogP contribution in [0.4, 0.5) is 0 Å². The molecule has 0 unspecified atom stereocenters. The van der Waals surface area contributed by atoms with Gasteiger partial charge >= 0.3 is 5.97 Å². The van der Waals surface area contributed by atoms with Gasteiger partial charge in [-0.1, -0.05) is 63.1 Å². The van der Waals surface area contributed by atoms with Gasteiger partial charge < -0.3 is 47.4 Å². The Kier molecular flexibility index (Phi) is 33.6. The van der Waals surface area contributed by atoms with Crippen LogP contribution >= 0.6 is 0 Å². The molecule has 15 heteroatoms. The van der Waals surface area contributed by atoms with Gasteiger partial charge in [-0.2, -0.15) is 8.42 Å². The number of carbonyl (C=O) groups is 1. The van der Waals surface area contributed by atoms with Crippen LogP contribution in [-0.2, 0) is 66.5 Å². The third-order valence-corrected chi connectivity index (χ3v) is 8.55. The van der Waals surface area contributed by atoms with Gasteiger partial charge in [0.15, 0.2) is 0 Å². The van der Waals surface area contributed by atoms with Gasteiger partial charge in [-0.25, -0.2) is 0 Å². The van der Waals surface area contributed by atoms with E-state index in [2.05, 4.69) is 6.92 Å². The van der Waals surface area contributed by atoms with Crippen molar-refractivity contribution >= 4 is 16.1 Å². The van der Waals surface area contributed by atoms with Crippen LogP contribution in [0.15, 0.2) is 29.2 Å². The van der Waals surface area contributed by atoms with Gasteiger partial charge in [0, 0.05) is 6.42 Å². The Morgan fingerprint density at radius 1 is 0.462 bits per heavy atom. The van der Waals surface area contributed by atoms with Gasteiger partial charge in [-0.15, -0.1) is 0 Å². The average molecular weight is 767 g/mol. The molecule has 14 nitrogen and oxygen atoms in total. The first-order valence-electron chi connectivity index (χ1n) is 18.8. The third kappa shape index (κ3) is 31.7. The molecule has 0 aliphatic heterocycles. The molecule has 52 heavy (non-hydrogen) atoms. The molecule has 0 aromatic heterocycles. The standard InChI is InChI=1S/C37H66O14S/c1-3-4-5-6-7-8-9-10-37(38)50-33-31-48-29-27-46-25-23-44-21-19-42-17-15-41-16-18-43-20-22-45-24-26-47-28-30-49-32-34-51-52(39,40)36-13-11-35(2)12-14-36/h11-14H,3-10,15-34H2,1-2H3. The monoisotopic (exact) mass is 766 g/mol. The number of benzene rings is 1. The minimum absolute atomic E-state index is 0.0623. The van der Waals surface area contributed by atoms with Gasteiger partial charge in [-0.05, 0) is 25.5 Å². The van der Waals surface area contributed by atoms with Crippen molar-refractivity contribution in [1.29, 1.82) is 0 Å². The van der Waals surface area contributed by atoms with Crippen molar-refractivity contribution in [2.45, 2.75) is 70.1 Å². The van der Waals surface area contributed by atoms with E-state index in [0.29, 0.717) is 119 Å². The van der Waals surface area contributed by atoms with E-state index in [-0.39, 0.29) is 30.7 Å². The average Bonchev–Trinajstić information content (AvgIpc) is 3.13. The molecule has 0 atom stereocenters. The van der Waals surface area contributed by atoms with Gasteiger partial charge in [0.2, 0.25) is 0 Å². The largest absolute Gasteiger partial charge is 0.463 e. The maximum absolute atomic E-state index is 12.1. The van der Waals surface area contributed by atoms with Crippen LogP contribution in [0.3, 0.4) is 0 Å². The first-order chi connectivity index (χ1) is 25.5. The molecule has 0 aliphatic carbocycles. The van der Waals surface area contributed by atoms with Gasteiger partial charge in [0.05, 0.1) is 130 Å². The fraction of sp³-hybridized carbons (Fsp3) is 0.811. The summed E-state index contributed by atoms with van der Waals surface area (Å²) in [6, 6.07) is 6.48. The Labute approximate surface area is 312 Å². The molecular formula is C37H66O14S. The van der Waals surface area contributed by atoms with Gasteiger partial charge in [0.1, 0.15) is 6.61 Å². The number of ether oxygens (including phenoxy) is 10. The molecule has 1 aromatic carbocycles. The van der Waals surface area contributed by atoms with Crippen molar-refractivity contribution in [2.24, 2.45) is 0 Å². The third-order valence-electron chi connectivity index (χ3n) is 7.23. The maximum atomic E-state index is 12.1. The Morgan fingerprint density at radius 3 is 1.17 bits per heavy atom. The summed E-state index contributed by atoms with van der Waals surface area (Å²) in [5.41, 5.74) is 0.973. The molecule has 0 fully saturated rings. The lowest BCUT2D eigenvalue weighted by Gasteiger charge is -2.09. The van der Waals surface area contributed by atoms with Crippen molar-refractivity contribution in [3.8, 4) is 0 Å². The quantitative estimate of drug-likeness (QED) is 0.0522. The van der Waals surface area contributed by atoms with Crippen molar-refractivity contribution in [1.82, 2.24) is 0 Å². The highest BCUT2D eigenvalue weighted by Crippen LogP contribution is 2.13.